The van der Waals surface area contributed by atoms with Gasteiger partial charge in [0, 0.05) is 18.1 Å². The van der Waals surface area contributed by atoms with Gasteiger partial charge >= 0.3 is 0 Å². The fourth-order valence-electron chi connectivity index (χ4n) is 2.36. The number of aromatic nitrogens is 2. The zero-order valence-electron chi connectivity index (χ0n) is 11.3. The molecule has 1 aliphatic heterocycles. The van der Waals surface area contributed by atoms with E-state index in [1.807, 2.05) is 19.1 Å². The second-order valence-electron chi connectivity index (χ2n) is 4.93. The van der Waals surface area contributed by atoms with Gasteiger partial charge < -0.3 is 9.26 Å². The summed E-state index contributed by atoms with van der Waals surface area (Å²) in [6, 6.07) is 6.19. The van der Waals surface area contributed by atoms with Crippen molar-refractivity contribution in [2.24, 2.45) is 0 Å². The lowest BCUT2D eigenvalue weighted by molar-refractivity contribution is -0.0166. The van der Waals surface area contributed by atoms with E-state index in [2.05, 4.69) is 21.1 Å². The van der Waals surface area contributed by atoms with Crippen LogP contribution in [0.25, 0.3) is 0 Å². The molecule has 6 heteroatoms. The molecule has 1 aromatic carbocycles. The van der Waals surface area contributed by atoms with Gasteiger partial charge in [0.2, 0.25) is 6.39 Å². The molecule has 0 saturated carbocycles. The minimum Gasteiger partial charge on any atom is -0.378 e. The Morgan fingerprint density at radius 3 is 3.10 bits per heavy atom. The van der Waals surface area contributed by atoms with Crippen molar-refractivity contribution in [1.82, 2.24) is 15.0 Å². The zero-order valence-corrected chi connectivity index (χ0v) is 12.0. The van der Waals surface area contributed by atoms with Crippen molar-refractivity contribution < 1.29 is 9.26 Å². The molecule has 0 amide bonds. The minimum absolute atomic E-state index is 0.0302. The average molecular weight is 294 g/mol. The van der Waals surface area contributed by atoms with Crippen LogP contribution >= 0.6 is 11.6 Å². The third-order valence-electron chi connectivity index (χ3n) is 3.54. The van der Waals surface area contributed by atoms with E-state index < -0.39 is 0 Å². The summed E-state index contributed by atoms with van der Waals surface area (Å²) in [5.41, 5.74) is 2.27. The fraction of sp³-hybridized carbons (Fsp3) is 0.429. The van der Waals surface area contributed by atoms with Crippen molar-refractivity contribution in [3.05, 3.63) is 46.6 Å². The van der Waals surface area contributed by atoms with Gasteiger partial charge in [-0.25, -0.2) is 0 Å². The molecule has 1 aromatic heterocycles. The normalized spacial score (nSPS) is 20.2. The van der Waals surface area contributed by atoms with Gasteiger partial charge in [0.25, 0.3) is 0 Å². The Labute approximate surface area is 122 Å². The quantitative estimate of drug-likeness (QED) is 0.870. The Morgan fingerprint density at radius 2 is 2.35 bits per heavy atom. The Bertz CT molecular complexity index is 574. The standard InChI is InChI=1S/C14H16ClN3O2/c1-10-2-3-11(6-12(10)15)7-18-4-5-19-8-13(18)14-16-9-20-17-14/h2-3,6,9,13H,4-5,7-8H2,1H3. The predicted octanol–water partition coefficient (Wildman–Crippen LogP) is 2.60. The number of aryl methyl sites for hydroxylation is 1. The van der Waals surface area contributed by atoms with Crippen LogP contribution in [0.4, 0.5) is 0 Å². The molecule has 1 fully saturated rings. The first kappa shape index (κ1) is 13.5. The lowest BCUT2D eigenvalue weighted by Crippen LogP contribution is -2.39. The highest BCUT2D eigenvalue weighted by molar-refractivity contribution is 6.31. The number of nitrogens with zero attached hydrogens (tertiary/aromatic N) is 3. The molecular weight excluding hydrogens is 278 g/mol. The van der Waals surface area contributed by atoms with Gasteiger partial charge in [-0.2, -0.15) is 4.98 Å². The molecule has 2 aromatic rings. The first-order valence-electron chi connectivity index (χ1n) is 6.57. The molecule has 5 nitrogen and oxygen atoms in total. The summed E-state index contributed by atoms with van der Waals surface area (Å²) in [6.07, 6.45) is 1.35. The van der Waals surface area contributed by atoms with Gasteiger partial charge in [-0.15, -0.1) is 0 Å². The molecule has 1 saturated heterocycles. The molecule has 20 heavy (non-hydrogen) atoms. The van der Waals surface area contributed by atoms with Crippen LogP contribution in [-0.4, -0.2) is 34.8 Å². The summed E-state index contributed by atoms with van der Waals surface area (Å²) in [7, 11) is 0. The smallest absolute Gasteiger partial charge is 0.213 e. The van der Waals surface area contributed by atoms with E-state index in [0.29, 0.717) is 19.0 Å². The molecule has 0 bridgehead atoms. The second-order valence-corrected chi connectivity index (χ2v) is 5.34. The predicted molar refractivity (Wildman–Crippen MR) is 74.5 cm³/mol. The molecule has 3 rings (SSSR count). The first-order valence-corrected chi connectivity index (χ1v) is 6.95. The van der Waals surface area contributed by atoms with E-state index in [1.165, 1.54) is 12.0 Å². The Morgan fingerprint density at radius 1 is 1.45 bits per heavy atom. The molecular formula is C14H16ClN3O2. The van der Waals surface area contributed by atoms with Crippen LogP contribution in [0.1, 0.15) is 23.0 Å². The molecule has 2 heterocycles. The van der Waals surface area contributed by atoms with Crippen LogP contribution in [0.15, 0.2) is 29.1 Å². The molecule has 106 valence electrons. The minimum atomic E-state index is 0.0302. The van der Waals surface area contributed by atoms with Crippen LogP contribution in [0.2, 0.25) is 5.02 Å². The summed E-state index contributed by atoms with van der Waals surface area (Å²) in [4.78, 5) is 6.42. The number of ether oxygens (including phenoxy) is 1. The number of morpholine rings is 1. The maximum atomic E-state index is 6.18. The van der Waals surface area contributed by atoms with Crippen LogP contribution in [0.5, 0.6) is 0 Å². The van der Waals surface area contributed by atoms with Crippen molar-refractivity contribution >= 4 is 11.6 Å². The topological polar surface area (TPSA) is 51.4 Å². The van der Waals surface area contributed by atoms with Crippen LogP contribution in [0, 0.1) is 6.92 Å². The lowest BCUT2D eigenvalue weighted by Gasteiger charge is -2.33. The van der Waals surface area contributed by atoms with Crippen molar-refractivity contribution in [2.45, 2.75) is 19.5 Å². The number of hydrogen-bond acceptors (Lipinski definition) is 5. The summed E-state index contributed by atoms with van der Waals surface area (Å²) >= 11 is 6.18. The molecule has 1 unspecified atom stereocenters. The fourth-order valence-corrected chi connectivity index (χ4v) is 2.56. The molecule has 1 aliphatic rings. The SMILES string of the molecule is Cc1ccc(CN2CCOCC2c2ncon2)cc1Cl. The van der Waals surface area contributed by atoms with Crippen LogP contribution in [-0.2, 0) is 11.3 Å². The van der Waals surface area contributed by atoms with Crippen molar-refractivity contribution in [3.63, 3.8) is 0 Å². The highest BCUT2D eigenvalue weighted by atomic mass is 35.5. The van der Waals surface area contributed by atoms with Gasteiger partial charge in [0.15, 0.2) is 5.82 Å². The van der Waals surface area contributed by atoms with E-state index in [9.17, 15) is 0 Å². The maximum Gasteiger partial charge on any atom is 0.213 e. The monoisotopic (exact) mass is 293 g/mol. The number of rotatable bonds is 3. The van der Waals surface area contributed by atoms with Crippen molar-refractivity contribution in [1.29, 1.82) is 0 Å². The number of hydrogen-bond donors (Lipinski definition) is 0. The van der Waals surface area contributed by atoms with E-state index >= 15 is 0 Å². The van der Waals surface area contributed by atoms with Gasteiger partial charge in [0.05, 0.1) is 19.3 Å². The first-order chi connectivity index (χ1) is 9.74. The largest absolute Gasteiger partial charge is 0.378 e. The summed E-state index contributed by atoms with van der Waals surface area (Å²) < 4.78 is 10.4. The molecule has 0 aliphatic carbocycles. The van der Waals surface area contributed by atoms with Gasteiger partial charge in [-0.1, -0.05) is 28.9 Å². The summed E-state index contributed by atoms with van der Waals surface area (Å²) in [5.74, 6) is 0.669. The lowest BCUT2D eigenvalue weighted by atomic mass is 10.1. The van der Waals surface area contributed by atoms with Gasteiger partial charge in [0.1, 0.15) is 0 Å². The third-order valence-corrected chi connectivity index (χ3v) is 3.94. The average Bonchev–Trinajstić information content (AvgIpc) is 2.97. The zero-order chi connectivity index (χ0) is 13.9. The van der Waals surface area contributed by atoms with Crippen LogP contribution < -0.4 is 0 Å². The number of benzene rings is 1. The summed E-state index contributed by atoms with van der Waals surface area (Å²) in [5, 5.41) is 4.73. The van der Waals surface area contributed by atoms with Crippen LogP contribution in [0.3, 0.4) is 0 Å². The molecule has 0 spiro atoms. The van der Waals surface area contributed by atoms with E-state index in [4.69, 9.17) is 20.9 Å². The molecule has 0 N–H and O–H groups in total. The highest BCUT2D eigenvalue weighted by Crippen LogP contribution is 2.25. The second kappa shape index (κ2) is 5.91. The maximum absolute atomic E-state index is 6.18. The molecule has 1 atom stereocenters. The van der Waals surface area contributed by atoms with E-state index in [1.54, 1.807) is 0 Å². The van der Waals surface area contributed by atoms with E-state index in [0.717, 1.165) is 23.7 Å². The van der Waals surface area contributed by atoms with Gasteiger partial charge in [-0.05, 0) is 24.1 Å². The third kappa shape index (κ3) is 2.85. The van der Waals surface area contributed by atoms with Crippen molar-refractivity contribution in [3.8, 4) is 0 Å². The Kier molecular flexibility index (Phi) is 4.00. The van der Waals surface area contributed by atoms with Crippen molar-refractivity contribution in [2.75, 3.05) is 19.8 Å². The summed E-state index contributed by atoms with van der Waals surface area (Å²) in [6.45, 7) is 4.93. The highest BCUT2D eigenvalue weighted by Gasteiger charge is 2.27. The number of halogens is 1. The van der Waals surface area contributed by atoms with Gasteiger partial charge in [-0.3, -0.25) is 4.90 Å². The van der Waals surface area contributed by atoms with E-state index in [-0.39, 0.29) is 6.04 Å². The molecule has 0 radical (unpaired) electrons. The Hall–Kier alpha value is -1.43. The Balaban J connectivity index is 1.78.